The van der Waals surface area contributed by atoms with Crippen LogP contribution in [0.1, 0.15) is 36.2 Å². The van der Waals surface area contributed by atoms with Crippen LogP contribution in [0.5, 0.6) is 0 Å². The summed E-state index contributed by atoms with van der Waals surface area (Å²) in [6.07, 6.45) is 0.718. The van der Waals surface area contributed by atoms with Gasteiger partial charge in [-0.05, 0) is 58.1 Å². The van der Waals surface area contributed by atoms with Crippen LogP contribution in [0.15, 0.2) is 18.2 Å². The van der Waals surface area contributed by atoms with Gasteiger partial charge in [0.1, 0.15) is 5.82 Å². The first-order chi connectivity index (χ1) is 7.82. The summed E-state index contributed by atoms with van der Waals surface area (Å²) in [4.78, 5) is 14.3. The molecule has 0 N–H and O–H groups in total. The number of likely N-dealkylation sites (N-methyl/N-ethyl adjacent to an activating group) is 1. The summed E-state index contributed by atoms with van der Waals surface area (Å²) in [5.41, 5.74) is 0.541. The van der Waals surface area contributed by atoms with Gasteiger partial charge in [-0.3, -0.25) is 9.69 Å². The second-order valence-electron chi connectivity index (χ2n) is 4.81. The zero-order valence-electron chi connectivity index (χ0n) is 11.2. The Morgan fingerprint density at radius 3 is 2.41 bits per heavy atom. The number of Topliss-reactive ketones (excluding diaryl/α,β-unsaturated/α-hetero) is 1. The van der Waals surface area contributed by atoms with Crippen LogP contribution in [0.25, 0.3) is 0 Å². The van der Waals surface area contributed by atoms with E-state index in [0.717, 1.165) is 6.42 Å². The molecule has 0 aliphatic rings. The van der Waals surface area contributed by atoms with Gasteiger partial charge in [0.15, 0.2) is 5.78 Å². The molecule has 1 atom stereocenters. The molecule has 17 heavy (non-hydrogen) atoms. The zero-order chi connectivity index (χ0) is 13.2. The Balaban J connectivity index is 3.15. The summed E-state index contributed by atoms with van der Waals surface area (Å²) < 4.78 is 13.2. The molecule has 0 fully saturated rings. The Morgan fingerprint density at radius 2 is 2.00 bits per heavy atom. The van der Waals surface area contributed by atoms with Crippen molar-refractivity contribution in [2.45, 2.75) is 32.7 Å². The van der Waals surface area contributed by atoms with Gasteiger partial charge in [0.2, 0.25) is 0 Å². The lowest BCUT2D eigenvalue weighted by molar-refractivity contribution is 0.0710. The van der Waals surface area contributed by atoms with Gasteiger partial charge in [0.25, 0.3) is 0 Å². The summed E-state index contributed by atoms with van der Waals surface area (Å²) in [7, 11) is 3.77. The van der Waals surface area contributed by atoms with Crippen molar-refractivity contribution in [3.63, 3.8) is 0 Å². The van der Waals surface area contributed by atoms with Gasteiger partial charge in [0.05, 0.1) is 5.54 Å². The molecule has 0 aliphatic carbocycles. The van der Waals surface area contributed by atoms with Gasteiger partial charge < -0.3 is 0 Å². The lowest BCUT2D eigenvalue weighted by atomic mass is 9.87. The average molecular weight is 237 g/mol. The predicted molar refractivity (Wildman–Crippen MR) is 67.9 cm³/mol. The molecule has 2 nitrogen and oxygen atoms in total. The number of benzene rings is 1. The third-order valence-corrected chi connectivity index (χ3v) is 3.58. The van der Waals surface area contributed by atoms with Crippen molar-refractivity contribution in [3.8, 4) is 0 Å². The summed E-state index contributed by atoms with van der Waals surface area (Å²) in [5.74, 6) is -0.238. The molecule has 0 heterocycles. The van der Waals surface area contributed by atoms with Gasteiger partial charge in [-0.15, -0.1) is 0 Å². The van der Waals surface area contributed by atoms with E-state index in [0.29, 0.717) is 11.1 Å². The smallest absolute Gasteiger partial charge is 0.182 e. The minimum Gasteiger partial charge on any atom is -0.297 e. The van der Waals surface area contributed by atoms with Gasteiger partial charge >= 0.3 is 0 Å². The largest absolute Gasteiger partial charge is 0.297 e. The molecular weight excluding hydrogens is 217 g/mol. The van der Waals surface area contributed by atoms with Crippen LogP contribution in [0.4, 0.5) is 4.39 Å². The zero-order valence-corrected chi connectivity index (χ0v) is 11.2. The normalized spacial score (nSPS) is 14.8. The average Bonchev–Trinajstić information content (AvgIpc) is 2.30. The van der Waals surface area contributed by atoms with E-state index in [9.17, 15) is 9.18 Å². The molecule has 0 aliphatic heterocycles. The highest BCUT2D eigenvalue weighted by Crippen LogP contribution is 2.23. The summed E-state index contributed by atoms with van der Waals surface area (Å²) in [6.45, 7) is 5.56. The minimum atomic E-state index is -0.537. The number of carbonyl (C=O) groups is 1. The Hall–Kier alpha value is -1.22. The first-order valence-corrected chi connectivity index (χ1v) is 5.81. The Morgan fingerprint density at radius 1 is 1.41 bits per heavy atom. The predicted octanol–water partition coefficient (Wildman–Crippen LogP) is 3.05. The topological polar surface area (TPSA) is 20.3 Å². The molecule has 0 radical (unpaired) electrons. The fourth-order valence-corrected chi connectivity index (χ4v) is 1.78. The van der Waals surface area contributed by atoms with Crippen LogP contribution in [0, 0.1) is 12.7 Å². The minimum absolute atomic E-state index is 0.0353. The van der Waals surface area contributed by atoms with E-state index >= 15 is 0 Å². The van der Waals surface area contributed by atoms with Crippen molar-refractivity contribution >= 4 is 5.78 Å². The Kier molecular flexibility index (Phi) is 4.04. The van der Waals surface area contributed by atoms with Crippen molar-refractivity contribution in [1.29, 1.82) is 0 Å². The number of nitrogens with zero attached hydrogens (tertiary/aromatic N) is 1. The van der Waals surface area contributed by atoms with Crippen molar-refractivity contribution < 1.29 is 9.18 Å². The van der Waals surface area contributed by atoms with Crippen LogP contribution in [0.3, 0.4) is 0 Å². The number of rotatable bonds is 4. The Bertz CT molecular complexity index is 428. The van der Waals surface area contributed by atoms with Gasteiger partial charge in [-0.1, -0.05) is 6.92 Å². The van der Waals surface area contributed by atoms with Crippen molar-refractivity contribution in [2.75, 3.05) is 14.1 Å². The van der Waals surface area contributed by atoms with Crippen molar-refractivity contribution in [2.24, 2.45) is 0 Å². The number of carbonyl (C=O) groups excluding carboxylic acids is 1. The maximum Gasteiger partial charge on any atom is 0.182 e. The van der Waals surface area contributed by atoms with E-state index in [-0.39, 0.29) is 11.6 Å². The Labute approximate surface area is 102 Å². The number of halogens is 1. The van der Waals surface area contributed by atoms with E-state index in [1.54, 1.807) is 19.1 Å². The summed E-state index contributed by atoms with van der Waals surface area (Å²) >= 11 is 0. The molecular formula is C14H20FNO. The monoisotopic (exact) mass is 237 g/mol. The van der Waals surface area contributed by atoms with Crippen LogP contribution < -0.4 is 0 Å². The van der Waals surface area contributed by atoms with E-state index in [1.807, 2.05) is 32.8 Å². The molecule has 94 valence electrons. The second-order valence-corrected chi connectivity index (χ2v) is 4.81. The van der Waals surface area contributed by atoms with Crippen molar-refractivity contribution in [3.05, 3.63) is 35.1 Å². The van der Waals surface area contributed by atoms with Crippen LogP contribution >= 0.6 is 0 Å². The van der Waals surface area contributed by atoms with Crippen molar-refractivity contribution in [1.82, 2.24) is 4.90 Å². The fourth-order valence-electron chi connectivity index (χ4n) is 1.78. The third kappa shape index (κ3) is 2.55. The molecule has 0 bridgehead atoms. The van der Waals surface area contributed by atoms with Gasteiger partial charge in [-0.2, -0.15) is 0 Å². The number of hydrogen-bond donors (Lipinski definition) is 0. The maximum atomic E-state index is 13.2. The molecule has 0 spiro atoms. The first kappa shape index (κ1) is 13.8. The number of hydrogen-bond acceptors (Lipinski definition) is 2. The third-order valence-electron chi connectivity index (χ3n) is 3.58. The van der Waals surface area contributed by atoms with Gasteiger partial charge in [-0.25, -0.2) is 4.39 Å². The van der Waals surface area contributed by atoms with E-state index in [1.165, 1.54) is 6.07 Å². The van der Waals surface area contributed by atoms with Crippen LogP contribution in [-0.4, -0.2) is 30.3 Å². The second kappa shape index (κ2) is 4.96. The molecule has 0 saturated carbocycles. The first-order valence-electron chi connectivity index (χ1n) is 5.81. The molecule has 1 rings (SSSR count). The summed E-state index contributed by atoms with van der Waals surface area (Å²) in [5, 5.41) is 0. The maximum absolute atomic E-state index is 13.2. The highest BCUT2D eigenvalue weighted by Gasteiger charge is 2.34. The SMILES string of the molecule is CCC(C)(C(=O)c1ccc(F)c(C)c1)N(C)C. The molecule has 3 heteroatoms. The molecule has 1 aromatic rings. The van der Waals surface area contributed by atoms with E-state index in [4.69, 9.17) is 0 Å². The quantitative estimate of drug-likeness (QED) is 0.750. The molecule has 0 saturated heterocycles. The number of aryl methyl sites for hydroxylation is 1. The molecule has 1 aromatic carbocycles. The highest BCUT2D eigenvalue weighted by atomic mass is 19.1. The highest BCUT2D eigenvalue weighted by molar-refractivity contribution is 6.03. The molecule has 0 aromatic heterocycles. The van der Waals surface area contributed by atoms with Gasteiger partial charge in [0, 0.05) is 5.56 Å². The van der Waals surface area contributed by atoms with E-state index < -0.39 is 5.54 Å². The molecule has 1 unspecified atom stereocenters. The lowest BCUT2D eigenvalue weighted by Crippen LogP contribution is -2.48. The number of ketones is 1. The fraction of sp³-hybridized carbons (Fsp3) is 0.500. The molecule has 0 amide bonds. The van der Waals surface area contributed by atoms with Crippen LogP contribution in [0.2, 0.25) is 0 Å². The summed E-state index contributed by atoms with van der Waals surface area (Å²) in [6, 6.07) is 4.53. The standard InChI is InChI=1S/C14H20FNO/c1-6-14(3,16(4)5)13(17)11-7-8-12(15)10(2)9-11/h7-9H,6H2,1-5H3. The van der Waals surface area contributed by atoms with E-state index in [2.05, 4.69) is 0 Å². The van der Waals surface area contributed by atoms with Crippen LogP contribution in [-0.2, 0) is 0 Å². The lowest BCUT2D eigenvalue weighted by Gasteiger charge is -2.34.